The first-order chi connectivity index (χ1) is 6.96. The molecule has 0 spiro atoms. The van der Waals surface area contributed by atoms with Crippen molar-refractivity contribution in [2.75, 3.05) is 0 Å². The van der Waals surface area contributed by atoms with Crippen LogP contribution in [0.4, 0.5) is 13.2 Å². The van der Waals surface area contributed by atoms with Gasteiger partial charge in [0.15, 0.2) is 6.29 Å². The van der Waals surface area contributed by atoms with Crippen LogP contribution in [0.2, 0.25) is 0 Å². The molecule has 1 aromatic rings. The minimum atomic E-state index is -4.39. The quantitative estimate of drug-likeness (QED) is 0.477. The van der Waals surface area contributed by atoms with Gasteiger partial charge in [-0.1, -0.05) is 12.0 Å². The molecule has 0 aliphatic carbocycles. The van der Waals surface area contributed by atoms with Crippen LogP contribution in [0.5, 0.6) is 0 Å². The molecule has 4 heteroatoms. The molecule has 0 aliphatic rings. The largest absolute Gasteiger partial charge is 0.416 e. The van der Waals surface area contributed by atoms with Crippen molar-refractivity contribution in [3.63, 3.8) is 0 Å². The zero-order valence-electron chi connectivity index (χ0n) is 7.85. The summed E-state index contributed by atoms with van der Waals surface area (Å²) in [6.45, 7) is 1.33. The Morgan fingerprint density at radius 2 is 2.00 bits per heavy atom. The molecule has 0 atom stereocenters. The molecule has 0 saturated heterocycles. The molecule has 0 aliphatic heterocycles. The fraction of sp³-hybridized carbons (Fsp3) is 0.182. The van der Waals surface area contributed by atoms with Gasteiger partial charge < -0.3 is 0 Å². The third-order valence-corrected chi connectivity index (χ3v) is 1.90. The van der Waals surface area contributed by atoms with Crippen molar-refractivity contribution in [2.24, 2.45) is 0 Å². The predicted octanol–water partition coefficient (Wildman–Crippen LogP) is 2.56. The van der Waals surface area contributed by atoms with E-state index in [0.29, 0.717) is 6.29 Å². The Morgan fingerprint density at radius 3 is 2.53 bits per heavy atom. The van der Waals surface area contributed by atoms with Gasteiger partial charge in [0, 0.05) is 5.56 Å². The first kappa shape index (κ1) is 11.3. The van der Waals surface area contributed by atoms with Crippen molar-refractivity contribution in [2.45, 2.75) is 13.1 Å². The van der Waals surface area contributed by atoms with Crippen molar-refractivity contribution in [3.05, 3.63) is 34.9 Å². The zero-order chi connectivity index (χ0) is 11.5. The number of rotatable bonds is 0. The number of aldehydes is 1. The molecule has 1 rings (SSSR count). The van der Waals surface area contributed by atoms with E-state index < -0.39 is 11.7 Å². The summed E-state index contributed by atoms with van der Waals surface area (Å²) in [6, 6.07) is 3.70. The number of carbonyl (C=O) groups excluding carboxylic acids is 1. The summed E-state index contributed by atoms with van der Waals surface area (Å²) in [5.74, 6) is 4.44. The predicted molar refractivity (Wildman–Crippen MR) is 49.1 cm³/mol. The van der Waals surface area contributed by atoms with Gasteiger partial charge in [0.05, 0.1) is 5.56 Å². The minimum absolute atomic E-state index is 0.0411. The Balaban J connectivity index is 3.29. The van der Waals surface area contributed by atoms with Crippen molar-refractivity contribution < 1.29 is 18.0 Å². The van der Waals surface area contributed by atoms with Crippen LogP contribution in [0, 0.1) is 18.8 Å². The maximum absolute atomic E-state index is 12.4. The van der Waals surface area contributed by atoms with Crippen LogP contribution < -0.4 is 0 Å². The minimum Gasteiger partial charge on any atom is -0.289 e. The molecule has 1 nitrogen and oxygen atoms in total. The van der Waals surface area contributed by atoms with Crippen molar-refractivity contribution in [3.8, 4) is 11.8 Å². The SMILES string of the molecule is Cc1c(C#CC=O)cccc1C(F)(F)F. The summed E-state index contributed by atoms with van der Waals surface area (Å²) < 4.78 is 37.3. The Labute approximate surface area is 84.9 Å². The van der Waals surface area contributed by atoms with Crippen LogP contribution in [-0.2, 0) is 11.0 Å². The van der Waals surface area contributed by atoms with E-state index in [1.54, 1.807) is 0 Å². The van der Waals surface area contributed by atoms with E-state index in [4.69, 9.17) is 0 Å². The van der Waals surface area contributed by atoms with Crippen LogP contribution in [0.25, 0.3) is 0 Å². The lowest BCUT2D eigenvalue weighted by Crippen LogP contribution is -2.08. The lowest BCUT2D eigenvalue weighted by Gasteiger charge is -2.10. The number of alkyl halides is 3. The average Bonchev–Trinajstić information content (AvgIpc) is 2.14. The number of halogens is 3. The summed E-state index contributed by atoms with van der Waals surface area (Å²) in [6.07, 6.45) is -4.04. The van der Waals surface area contributed by atoms with E-state index >= 15 is 0 Å². The normalized spacial score (nSPS) is 10.4. The van der Waals surface area contributed by atoms with Gasteiger partial charge in [0.1, 0.15) is 0 Å². The van der Waals surface area contributed by atoms with Crippen LogP contribution in [0.1, 0.15) is 16.7 Å². The van der Waals surface area contributed by atoms with E-state index in [1.165, 1.54) is 19.1 Å². The molecule has 78 valence electrons. The smallest absolute Gasteiger partial charge is 0.289 e. The molecule has 0 unspecified atom stereocenters. The maximum Gasteiger partial charge on any atom is 0.416 e. The summed E-state index contributed by atoms with van der Waals surface area (Å²) in [5, 5.41) is 0. The molecule has 15 heavy (non-hydrogen) atoms. The third-order valence-electron chi connectivity index (χ3n) is 1.90. The molecule has 0 bridgehead atoms. The molecule has 0 fully saturated rings. The fourth-order valence-electron chi connectivity index (χ4n) is 1.19. The van der Waals surface area contributed by atoms with Gasteiger partial charge in [0.2, 0.25) is 0 Å². The first-order valence-corrected chi connectivity index (χ1v) is 4.09. The molecular weight excluding hydrogens is 205 g/mol. The second-order valence-corrected chi connectivity index (χ2v) is 2.86. The fourth-order valence-corrected chi connectivity index (χ4v) is 1.19. The number of hydrogen-bond donors (Lipinski definition) is 0. The van der Waals surface area contributed by atoms with Gasteiger partial charge >= 0.3 is 6.18 Å². The highest BCUT2D eigenvalue weighted by Crippen LogP contribution is 2.32. The van der Waals surface area contributed by atoms with Crippen LogP contribution in [0.15, 0.2) is 18.2 Å². The highest BCUT2D eigenvalue weighted by molar-refractivity contribution is 5.74. The monoisotopic (exact) mass is 212 g/mol. The van der Waals surface area contributed by atoms with E-state index in [9.17, 15) is 18.0 Å². The molecule has 0 aromatic heterocycles. The second kappa shape index (κ2) is 4.18. The first-order valence-electron chi connectivity index (χ1n) is 4.09. The standard InChI is InChI=1S/C11H7F3O/c1-8-9(5-3-7-15)4-2-6-10(8)11(12,13)14/h2,4,6-7H,1H3. The lowest BCUT2D eigenvalue weighted by molar-refractivity contribution is -0.138. The van der Waals surface area contributed by atoms with E-state index in [2.05, 4.69) is 11.8 Å². The topological polar surface area (TPSA) is 17.1 Å². The van der Waals surface area contributed by atoms with E-state index in [1.807, 2.05) is 0 Å². The second-order valence-electron chi connectivity index (χ2n) is 2.86. The molecule has 0 saturated carbocycles. The van der Waals surface area contributed by atoms with Crippen molar-refractivity contribution >= 4 is 6.29 Å². The van der Waals surface area contributed by atoms with Crippen LogP contribution in [-0.4, -0.2) is 6.29 Å². The molecule has 0 heterocycles. The average molecular weight is 212 g/mol. The number of benzene rings is 1. The maximum atomic E-state index is 12.4. The molecular formula is C11H7F3O. The number of hydrogen-bond acceptors (Lipinski definition) is 1. The molecule has 0 amide bonds. The van der Waals surface area contributed by atoms with E-state index in [0.717, 1.165) is 6.07 Å². The van der Waals surface area contributed by atoms with Gasteiger partial charge in [-0.05, 0) is 30.5 Å². The molecule has 0 N–H and O–H groups in total. The van der Waals surface area contributed by atoms with Gasteiger partial charge in [0.25, 0.3) is 0 Å². The Bertz CT molecular complexity index is 435. The highest BCUT2D eigenvalue weighted by atomic mass is 19.4. The zero-order valence-corrected chi connectivity index (χ0v) is 7.85. The summed E-state index contributed by atoms with van der Waals surface area (Å²) in [5.41, 5.74) is -0.462. The summed E-state index contributed by atoms with van der Waals surface area (Å²) in [7, 11) is 0. The lowest BCUT2D eigenvalue weighted by atomic mass is 10.0. The Hall–Kier alpha value is -1.76. The Morgan fingerprint density at radius 1 is 1.33 bits per heavy atom. The van der Waals surface area contributed by atoms with Gasteiger partial charge in [-0.15, -0.1) is 0 Å². The van der Waals surface area contributed by atoms with Gasteiger partial charge in [-0.25, -0.2) is 0 Å². The van der Waals surface area contributed by atoms with Crippen molar-refractivity contribution in [1.29, 1.82) is 0 Å². The summed E-state index contributed by atoms with van der Waals surface area (Å²) in [4.78, 5) is 9.98. The van der Waals surface area contributed by atoms with E-state index in [-0.39, 0.29) is 11.1 Å². The third kappa shape index (κ3) is 2.59. The number of carbonyl (C=O) groups is 1. The van der Waals surface area contributed by atoms with Crippen molar-refractivity contribution in [1.82, 2.24) is 0 Å². The van der Waals surface area contributed by atoms with Crippen LogP contribution >= 0.6 is 0 Å². The highest BCUT2D eigenvalue weighted by Gasteiger charge is 2.32. The van der Waals surface area contributed by atoms with Gasteiger partial charge in [-0.3, -0.25) is 4.79 Å². The van der Waals surface area contributed by atoms with Crippen LogP contribution in [0.3, 0.4) is 0 Å². The molecule has 0 radical (unpaired) electrons. The molecule has 1 aromatic carbocycles. The summed E-state index contributed by atoms with van der Waals surface area (Å²) >= 11 is 0. The van der Waals surface area contributed by atoms with Gasteiger partial charge in [-0.2, -0.15) is 13.2 Å². The Kier molecular flexibility index (Phi) is 3.15.